The number of pyridine rings is 1. The third kappa shape index (κ3) is 2.55. The Balaban J connectivity index is 1.51. The lowest BCUT2D eigenvalue weighted by Crippen LogP contribution is -2.47. The van der Waals surface area contributed by atoms with Crippen molar-refractivity contribution in [1.29, 1.82) is 0 Å². The first-order valence-corrected chi connectivity index (χ1v) is 8.58. The van der Waals surface area contributed by atoms with E-state index in [0.717, 1.165) is 33.8 Å². The van der Waals surface area contributed by atoms with Gasteiger partial charge < -0.3 is 10.2 Å². The Kier molecular flexibility index (Phi) is 3.47. The van der Waals surface area contributed by atoms with Crippen molar-refractivity contribution in [3.8, 4) is 0 Å². The zero-order valence-electron chi connectivity index (χ0n) is 12.4. The summed E-state index contributed by atoms with van der Waals surface area (Å²) in [5, 5.41) is 4.23. The predicted octanol–water partition coefficient (Wildman–Crippen LogP) is 2.76. The van der Waals surface area contributed by atoms with Gasteiger partial charge in [-0.2, -0.15) is 0 Å². The minimum Gasteiger partial charge on any atom is -0.347 e. The average molecular weight is 313 g/mol. The summed E-state index contributed by atoms with van der Waals surface area (Å²) in [4.78, 5) is 20.3. The molecule has 1 unspecified atom stereocenters. The lowest BCUT2D eigenvalue weighted by Gasteiger charge is -2.30. The zero-order valence-corrected chi connectivity index (χ0v) is 13.2. The fraction of sp³-hybridized carbons (Fsp3) is 0.412. The highest BCUT2D eigenvalue weighted by molar-refractivity contribution is 7.19. The molecule has 0 aliphatic carbocycles. The standard InChI is InChI=1S/C17H19N3OS/c1-2-14-6-12-8-18-15(7-16(12)22-14)17(21)19-13-5-11-3-4-20(9-11)10-13/h2,6-8,11,13H,1,3-5,9-10H2,(H,19,21)/t11-,13-/m1/s1. The van der Waals surface area contributed by atoms with Gasteiger partial charge in [0.05, 0.1) is 0 Å². The topological polar surface area (TPSA) is 45.2 Å². The van der Waals surface area contributed by atoms with Crippen LogP contribution in [0.3, 0.4) is 0 Å². The molecule has 4 rings (SSSR count). The van der Waals surface area contributed by atoms with Crippen LogP contribution in [-0.4, -0.2) is 41.5 Å². The molecule has 3 atom stereocenters. The molecular formula is C17H19N3OS. The molecule has 2 aromatic rings. The van der Waals surface area contributed by atoms with Crippen LogP contribution >= 0.6 is 11.3 Å². The third-order valence-electron chi connectivity index (χ3n) is 4.66. The van der Waals surface area contributed by atoms with E-state index < -0.39 is 0 Å². The van der Waals surface area contributed by atoms with Gasteiger partial charge in [-0.25, -0.2) is 0 Å². The van der Waals surface area contributed by atoms with Crippen LogP contribution in [0.25, 0.3) is 16.2 Å². The Bertz CT molecular complexity index is 727. The van der Waals surface area contributed by atoms with E-state index in [2.05, 4.69) is 21.8 Å². The molecule has 22 heavy (non-hydrogen) atoms. The summed E-state index contributed by atoms with van der Waals surface area (Å²) in [6.07, 6.45) is 5.98. The second-order valence-electron chi connectivity index (χ2n) is 6.28. The molecule has 2 aliphatic heterocycles. The van der Waals surface area contributed by atoms with Gasteiger partial charge >= 0.3 is 0 Å². The van der Waals surface area contributed by atoms with Crippen molar-refractivity contribution in [2.45, 2.75) is 18.9 Å². The van der Waals surface area contributed by atoms with E-state index in [0.29, 0.717) is 5.69 Å². The lowest BCUT2D eigenvalue weighted by atomic mass is 9.97. The second kappa shape index (κ2) is 5.48. The summed E-state index contributed by atoms with van der Waals surface area (Å²) in [7, 11) is 0. The van der Waals surface area contributed by atoms with Gasteiger partial charge in [-0.05, 0) is 37.4 Å². The molecule has 0 saturated carbocycles. The molecule has 5 heteroatoms. The normalized spacial score (nSPS) is 27.0. The average Bonchev–Trinajstić information content (AvgIpc) is 3.09. The van der Waals surface area contributed by atoms with Crippen LogP contribution in [-0.2, 0) is 0 Å². The fourth-order valence-electron chi connectivity index (χ4n) is 3.60. The van der Waals surface area contributed by atoms with E-state index in [4.69, 9.17) is 0 Å². The van der Waals surface area contributed by atoms with E-state index in [1.807, 2.05) is 18.2 Å². The summed E-state index contributed by atoms with van der Waals surface area (Å²) in [5.74, 6) is 0.699. The maximum Gasteiger partial charge on any atom is 0.270 e. The summed E-state index contributed by atoms with van der Waals surface area (Å²) < 4.78 is 1.09. The molecule has 2 bridgehead atoms. The molecule has 4 heterocycles. The van der Waals surface area contributed by atoms with Crippen LogP contribution in [0.2, 0.25) is 0 Å². The van der Waals surface area contributed by atoms with E-state index in [1.54, 1.807) is 17.5 Å². The molecule has 0 aromatic carbocycles. The minimum atomic E-state index is -0.0528. The van der Waals surface area contributed by atoms with E-state index in [-0.39, 0.29) is 11.9 Å². The van der Waals surface area contributed by atoms with E-state index >= 15 is 0 Å². The minimum absolute atomic E-state index is 0.0528. The Labute approximate surface area is 133 Å². The maximum atomic E-state index is 12.5. The number of hydrogen-bond donors (Lipinski definition) is 1. The molecule has 2 aliphatic rings. The quantitative estimate of drug-likeness (QED) is 0.948. The summed E-state index contributed by atoms with van der Waals surface area (Å²) in [5.41, 5.74) is 0.512. The van der Waals surface area contributed by atoms with Crippen LogP contribution in [0.5, 0.6) is 0 Å². The van der Waals surface area contributed by atoms with Gasteiger partial charge in [-0.1, -0.05) is 12.7 Å². The van der Waals surface area contributed by atoms with Crippen molar-refractivity contribution in [3.63, 3.8) is 0 Å². The molecule has 114 valence electrons. The van der Waals surface area contributed by atoms with Gasteiger partial charge in [-0.3, -0.25) is 9.78 Å². The SMILES string of the molecule is C=Cc1cc2cnc(C(=O)N[C@@H]3C[C@H]4CCN(C4)C3)cc2s1. The highest BCUT2D eigenvalue weighted by atomic mass is 32.1. The van der Waals surface area contributed by atoms with Crippen molar-refractivity contribution < 1.29 is 4.79 Å². The number of amides is 1. The number of aromatic nitrogens is 1. The summed E-state index contributed by atoms with van der Waals surface area (Å²) >= 11 is 1.64. The van der Waals surface area contributed by atoms with Crippen molar-refractivity contribution in [3.05, 3.63) is 35.5 Å². The smallest absolute Gasteiger partial charge is 0.270 e. The number of carbonyl (C=O) groups is 1. The highest BCUT2D eigenvalue weighted by Gasteiger charge is 2.33. The number of hydrogen-bond acceptors (Lipinski definition) is 4. The first kappa shape index (κ1) is 13.9. The molecule has 1 amide bonds. The summed E-state index contributed by atoms with van der Waals surface area (Å²) in [6.45, 7) is 7.15. The molecular weight excluding hydrogens is 294 g/mol. The van der Waals surface area contributed by atoms with Gasteiger partial charge in [0.1, 0.15) is 5.69 Å². The lowest BCUT2D eigenvalue weighted by molar-refractivity contribution is 0.0904. The number of rotatable bonds is 3. The Morgan fingerprint density at radius 3 is 3.18 bits per heavy atom. The van der Waals surface area contributed by atoms with Crippen molar-refractivity contribution in [1.82, 2.24) is 15.2 Å². The Hall–Kier alpha value is -1.72. The van der Waals surface area contributed by atoms with Crippen LogP contribution in [0.1, 0.15) is 28.2 Å². The van der Waals surface area contributed by atoms with Gasteiger partial charge in [0.15, 0.2) is 0 Å². The number of thiophene rings is 1. The molecule has 1 N–H and O–H groups in total. The van der Waals surface area contributed by atoms with Crippen molar-refractivity contribution in [2.24, 2.45) is 5.92 Å². The van der Waals surface area contributed by atoms with E-state index in [9.17, 15) is 4.79 Å². The largest absolute Gasteiger partial charge is 0.347 e. The molecule has 2 fully saturated rings. The fourth-order valence-corrected chi connectivity index (χ4v) is 4.53. The maximum absolute atomic E-state index is 12.5. The Morgan fingerprint density at radius 1 is 1.45 bits per heavy atom. The number of carbonyl (C=O) groups excluding carboxylic acids is 1. The number of fused-ring (bicyclic) bond motifs is 3. The van der Waals surface area contributed by atoms with Gasteiger partial charge in [0.25, 0.3) is 5.91 Å². The van der Waals surface area contributed by atoms with E-state index in [1.165, 1.54) is 19.5 Å². The number of nitrogens with zero attached hydrogens (tertiary/aromatic N) is 2. The number of nitrogens with one attached hydrogen (secondary N) is 1. The van der Waals surface area contributed by atoms with Gasteiger partial charge in [0, 0.05) is 40.3 Å². The first-order chi connectivity index (χ1) is 10.7. The number of piperidine rings is 1. The Morgan fingerprint density at radius 2 is 2.36 bits per heavy atom. The summed E-state index contributed by atoms with van der Waals surface area (Å²) in [6, 6.07) is 4.20. The zero-order chi connectivity index (χ0) is 15.1. The van der Waals surface area contributed by atoms with Crippen molar-refractivity contribution in [2.75, 3.05) is 19.6 Å². The monoisotopic (exact) mass is 313 g/mol. The van der Waals surface area contributed by atoms with Gasteiger partial charge in [-0.15, -0.1) is 11.3 Å². The van der Waals surface area contributed by atoms with Crippen LogP contribution in [0, 0.1) is 5.92 Å². The molecule has 0 spiro atoms. The van der Waals surface area contributed by atoms with Crippen molar-refractivity contribution >= 4 is 33.4 Å². The third-order valence-corrected chi connectivity index (χ3v) is 5.75. The van der Waals surface area contributed by atoms with Crippen LogP contribution < -0.4 is 5.32 Å². The first-order valence-electron chi connectivity index (χ1n) is 7.76. The second-order valence-corrected chi connectivity index (χ2v) is 7.40. The van der Waals surface area contributed by atoms with Gasteiger partial charge in [0.2, 0.25) is 0 Å². The van der Waals surface area contributed by atoms with Crippen LogP contribution in [0.15, 0.2) is 24.9 Å². The molecule has 4 nitrogen and oxygen atoms in total. The molecule has 2 aromatic heterocycles. The highest BCUT2D eigenvalue weighted by Crippen LogP contribution is 2.28. The predicted molar refractivity (Wildman–Crippen MR) is 90.1 cm³/mol. The molecule has 2 saturated heterocycles. The molecule has 0 radical (unpaired) electrons. The van der Waals surface area contributed by atoms with Crippen LogP contribution in [0.4, 0.5) is 0 Å².